The number of aryl methyl sites for hydroxylation is 1. The zero-order chi connectivity index (χ0) is 33.4. The summed E-state index contributed by atoms with van der Waals surface area (Å²) < 4.78 is 30.2. The molecule has 4 aromatic carbocycles. The van der Waals surface area contributed by atoms with Crippen LogP contribution in [-0.2, 0) is 32.6 Å². The number of benzene rings is 4. The van der Waals surface area contributed by atoms with E-state index in [0.29, 0.717) is 15.2 Å². The van der Waals surface area contributed by atoms with Crippen LogP contribution in [0.1, 0.15) is 48.8 Å². The normalized spacial score (nSPS) is 14.3. The third-order valence-corrected chi connectivity index (χ3v) is 11.0. The highest BCUT2D eigenvalue weighted by molar-refractivity contribution is 9.10. The van der Waals surface area contributed by atoms with Crippen molar-refractivity contribution in [2.45, 2.75) is 69.0 Å². The highest BCUT2D eigenvalue weighted by Crippen LogP contribution is 2.28. The van der Waals surface area contributed by atoms with Crippen LogP contribution in [0, 0.1) is 6.92 Å². The van der Waals surface area contributed by atoms with Crippen LogP contribution in [0.3, 0.4) is 0 Å². The SMILES string of the molecule is Cc1ccc(S(=O)(=O)N(CC(=O)N(Cc2ccc(Cl)cc2)[C@@H](Cc2ccccc2)C(=O)NC2CCCCC2)c2cccc(Br)c2)cc1. The first-order valence-corrected chi connectivity index (χ1v) is 18.4. The van der Waals surface area contributed by atoms with E-state index in [2.05, 4.69) is 21.2 Å². The Kier molecular flexibility index (Phi) is 11.8. The second-order valence-corrected chi connectivity index (χ2v) is 15.2. The average Bonchev–Trinajstić information content (AvgIpc) is 3.07. The monoisotopic (exact) mass is 735 g/mol. The van der Waals surface area contributed by atoms with Crippen LogP contribution in [0.2, 0.25) is 5.02 Å². The largest absolute Gasteiger partial charge is 0.352 e. The Labute approximate surface area is 291 Å². The number of rotatable bonds is 12. The van der Waals surface area contributed by atoms with Gasteiger partial charge in [0.25, 0.3) is 10.0 Å². The first-order chi connectivity index (χ1) is 22.6. The van der Waals surface area contributed by atoms with Gasteiger partial charge in [0.15, 0.2) is 0 Å². The number of amides is 2. The Bertz CT molecular complexity index is 1760. The summed E-state index contributed by atoms with van der Waals surface area (Å²) in [5.41, 5.74) is 2.89. The van der Waals surface area contributed by atoms with Gasteiger partial charge < -0.3 is 10.2 Å². The number of anilines is 1. The molecule has 0 aromatic heterocycles. The van der Waals surface area contributed by atoms with E-state index in [0.717, 1.165) is 53.1 Å². The molecule has 0 aliphatic heterocycles. The summed E-state index contributed by atoms with van der Waals surface area (Å²) in [7, 11) is -4.18. The highest BCUT2D eigenvalue weighted by atomic mass is 79.9. The van der Waals surface area contributed by atoms with Gasteiger partial charge >= 0.3 is 0 Å². The fourth-order valence-corrected chi connectivity index (χ4v) is 7.80. The van der Waals surface area contributed by atoms with Gasteiger partial charge in [0.2, 0.25) is 11.8 Å². The van der Waals surface area contributed by atoms with Crippen molar-refractivity contribution in [2.24, 2.45) is 0 Å². The van der Waals surface area contributed by atoms with E-state index in [1.54, 1.807) is 60.7 Å². The van der Waals surface area contributed by atoms with Crippen molar-refractivity contribution in [3.8, 4) is 0 Å². The standard InChI is InChI=1S/C37H39BrClN3O4S/c1-27-15-21-34(22-16-27)47(45,46)42(33-14-8-11-30(38)24-33)26-36(43)41(25-29-17-19-31(39)20-18-29)35(23-28-9-4-2-5-10-28)37(44)40-32-12-6-3-7-13-32/h2,4-5,8-11,14-22,24,32,35H,3,6-7,12-13,23,25-26H2,1H3,(H,40,44)/t35-/m0/s1. The molecule has 1 aliphatic rings. The summed E-state index contributed by atoms with van der Waals surface area (Å²) in [5, 5.41) is 3.78. The van der Waals surface area contributed by atoms with Gasteiger partial charge in [-0.2, -0.15) is 0 Å². The van der Waals surface area contributed by atoms with Crippen LogP contribution in [0.5, 0.6) is 0 Å². The van der Waals surface area contributed by atoms with Gasteiger partial charge in [-0.1, -0.05) is 113 Å². The number of nitrogens with zero attached hydrogens (tertiary/aromatic N) is 2. The maximum absolute atomic E-state index is 14.6. The van der Waals surface area contributed by atoms with Crippen molar-refractivity contribution in [3.63, 3.8) is 0 Å². The molecular weight excluding hydrogens is 698 g/mol. The molecule has 0 heterocycles. The van der Waals surface area contributed by atoms with Gasteiger partial charge in [-0.25, -0.2) is 8.42 Å². The Morgan fingerprint density at radius 2 is 1.55 bits per heavy atom. The van der Waals surface area contributed by atoms with Crippen LogP contribution >= 0.6 is 27.5 Å². The minimum Gasteiger partial charge on any atom is -0.352 e. The second-order valence-electron chi connectivity index (χ2n) is 12.0. The Morgan fingerprint density at radius 1 is 0.872 bits per heavy atom. The highest BCUT2D eigenvalue weighted by Gasteiger charge is 2.35. The fraction of sp³-hybridized carbons (Fsp3) is 0.297. The number of carbonyl (C=O) groups is 2. The Morgan fingerprint density at radius 3 is 2.21 bits per heavy atom. The van der Waals surface area contributed by atoms with Crippen LogP contribution in [-0.4, -0.2) is 43.8 Å². The topological polar surface area (TPSA) is 86.8 Å². The first-order valence-electron chi connectivity index (χ1n) is 15.8. The molecular formula is C37H39BrClN3O4S. The zero-order valence-electron chi connectivity index (χ0n) is 26.3. The van der Waals surface area contributed by atoms with Gasteiger partial charge in [0, 0.05) is 28.5 Å². The van der Waals surface area contributed by atoms with Crippen molar-refractivity contribution in [1.29, 1.82) is 0 Å². The molecule has 1 aliphatic carbocycles. The summed E-state index contributed by atoms with van der Waals surface area (Å²) in [6.45, 7) is 1.45. The Balaban J connectivity index is 1.56. The lowest BCUT2D eigenvalue weighted by Crippen LogP contribution is -2.55. The summed E-state index contributed by atoms with van der Waals surface area (Å²) >= 11 is 9.64. The zero-order valence-corrected chi connectivity index (χ0v) is 29.5. The van der Waals surface area contributed by atoms with Gasteiger partial charge in [0.1, 0.15) is 12.6 Å². The van der Waals surface area contributed by atoms with Crippen molar-refractivity contribution >= 4 is 55.1 Å². The number of nitrogens with one attached hydrogen (secondary N) is 1. The molecule has 0 radical (unpaired) electrons. The van der Waals surface area contributed by atoms with E-state index in [1.807, 2.05) is 49.4 Å². The lowest BCUT2D eigenvalue weighted by atomic mass is 9.94. The molecule has 0 unspecified atom stereocenters. The van der Waals surface area contributed by atoms with Crippen molar-refractivity contribution in [1.82, 2.24) is 10.2 Å². The first kappa shape index (κ1) is 34.7. The lowest BCUT2D eigenvalue weighted by molar-refractivity contribution is -0.140. The molecule has 1 N–H and O–H groups in total. The number of carbonyl (C=O) groups excluding carboxylic acids is 2. The van der Waals surface area contributed by atoms with E-state index in [9.17, 15) is 18.0 Å². The molecule has 1 saturated carbocycles. The van der Waals surface area contributed by atoms with Crippen molar-refractivity contribution in [2.75, 3.05) is 10.8 Å². The maximum atomic E-state index is 14.6. The molecule has 0 spiro atoms. The number of sulfonamides is 1. The van der Waals surface area contributed by atoms with Crippen LogP contribution in [0.15, 0.2) is 112 Å². The number of hydrogen-bond acceptors (Lipinski definition) is 4. The minimum atomic E-state index is -4.18. The fourth-order valence-electron chi connectivity index (χ4n) is 5.88. The minimum absolute atomic E-state index is 0.0297. The molecule has 1 atom stereocenters. The third kappa shape index (κ3) is 9.24. The van der Waals surface area contributed by atoms with E-state index in [-0.39, 0.29) is 29.8 Å². The molecule has 7 nitrogen and oxygen atoms in total. The summed E-state index contributed by atoms with van der Waals surface area (Å²) in [5.74, 6) is -0.756. The van der Waals surface area contributed by atoms with E-state index in [4.69, 9.17) is 11.6 Å². The maximum Gasteiger partial charge on any atom is 0.264 e. The van der Waals surface area contributed by atoms with Crippen molar-refractivity contribution in [3.05, 3.63) is 129 Å². The van der Waals surface area contributed by atoms with Crippen LogP contribution < -0.4 is 9.62 Å². The lowest BCUT2D eigenvalue weighted by Gasteiger charge is -2.35. The molecule has 47 heavy (non-hydrogen) atoms. The summed E-state index contributed by atoms with van der Waals surface area (Å²) in [6, 6.07) is 29.2. The van der Waals surface area contributed by atoms with Gasteiger partial charge in [0.05, 0.1) is 10.6 Å². The molecule has 5 rings (SSSR count). The molecule has 0 bridgehead atoms. The van der Waals surface area contributed by atoms with Gasteiger partial charge in [-0.3, -0.25) is 13.9 Å². The van der Waals surface area contributed by atoms with E-state index >= 15 is 0 Å². The van der Waals surface area contributed by atoms with Gasteiger partial charge in [-0.15, -0.1) is 0 Å². The third-order valence-electron chi connectivity index (χ3n) is 8.47. The van der Waals surface area contributed by atoms with Crippen LogP contribution in [0.25, 0.3) is 0 Å². The molecule has 0 saturated heterocycles. The predicted octanol–water partition coefficient (Wildman–Crippen LogP) is 7.70. The quantitative estimate of drug-likeness (QED) is 0.162. The molecule has 1 fully saturated rings. The van der Waals surface area contributed by atoms with Crippen LogP contribution in [0.4, 0.5) is 5.69 Å². The van der Waals surface area contributed by atoms with E-state index < -0.39 is 28.5 Å². The molecule has 2 amide bonds. The smallest absolute Gasteiger partial charge is 0.264 e. The van der Waals surface area contributed by atoms with E-state index in [1.165, 1.54) is 4.90 Å². The number of hydrogen-bond donors (Lipinski definition) is 1. The molecule has 10 heteroatoms. The van der Waals surface area contributed by atoms with Crippen molar-refractivity contribution < 1.29 is 18.0 Å². The molecule has 246 valence electrons. The average molecular weight is 737 g/mol. The summed E-state index contributed by atoms with van der Waals surface area (Å²) in [6.07, 6.45) is 5.27. The molecule has 4 aromatic rings. The second kappa shape index (κ2) is 16.0. The Hall–Kier alpha value is -3.66. The summed E-state index contributed by atoms with van der Waals surface area (Å²) in [4.78, 5) is 30.4. The predicted molar refractivity (Wildman–Crippen MR) is 191 cm³/mol. The number of halogens is 2. The van der Waals surface area contributed by atoms with Gasteiger partial charge in [-0.05, 0) is 73.4 Å².